The van der Waals surface area contributed by atoms with Crippen LogP contribution in [0.4, 0.5) is 11.4 Å². The highest BCUT2D eigenvalue weighted by Gasteiger charge is 2.15. The van der Waals surface area contributed by atoms with Crippen molar-refractivity contribution in [1.29, 1.82) is 5.26 Å². The second kappa shape index (κ2) is 7.37. The van der Waals surface area contributed by atoms with Crippen LogP contribution in [0, 0.1) is 21.4 Å². The van der Waals surface area contributed by atoms with E-state index in [1.54, 1.807) is 12.1 Å². The van der Waals surface area contributed by atoms with Crippen LogP contribution >= 0.6 is 0 Å². The van der Waals surface area contributed by atoms with E-state index in [0.717, 1.165) is 38.0 Å². The quantitative estimate of drug-likeness (QED) is 0.556. The molecule has 102 valence electrons. The summed E-state index contributed by atoms with van der Waals surface area (Å²) in [4.78, 5) is 12.5. The van der Waals surface area contributed by atoms with E-state index < -0.39 is 4.92 Å². The molecule has 0 atom stereocenters. The van der Waals surface area contributed by atoms with Crippen molar-refractivity contribution in [2.45, 2.75) is 33.1 Å². The van der Waals surface area contributed by atoms with Gasteiger partial charge in [0.1, 0.15) is 11.6 Å². The maximum Gasteiger partial charge on any atom is 0.287 e. The van der Waals surface area contributed by atoms with Gasteiger partial charge < -0.3 is 4.90 Å². The van der Waals surface area contributed by atoms with Crippen LogP contribution in [0.1, 0.15) is 38.7 Å². The first-order valence-corrected chi connectivity index (χ1v) is 6.57. The van der Waals surface area contributed by atoms with Crippen molar-refractivity contribution in [3.8, 4) is 6.07 Å². The van der Waals surface area contributed by atoms with E-state index in [0.29, 0.717) is 0 Å². The number of unbranched alkanes of at least 4 members (excludes halogenated alkanes) is 1. The van der Waals surface area contributed by atoms with Crippen LogP contribution in [0.3, 0.4) is 0 Å². The Morgan fingerprint density at radius 1 is 1.32 bits per heavy atom. The van der Waals surface area contributed by atoms with Gasteiger partial charge in [-0.15, -0.1) is 0 Å². The fourth-order valence-corrected chi connectivity index (χ4v) is 1.96. The highest BCUT2D eigenvalue weighted by Crippen LogP contribution is 2.24. The van der Waals surface area contributed by atoms with E-state index in [-0.39, 0.29) is 11.3 Å². The Kier molecular flexibility index (Phi) is 5.80. The van der Waals surface area contributed by atoms with Gasteiger partial charge in [-0.1, -0.05) is 20.3 Å². The van der Waals surface area contributed by atoms with E-state index >= 15 is 0 Å². The van der Waals surface area contributed by atoms with Crippen molar-refractivity contribution >= 4 is 11.4 Å². The molecule has 0 aliphatic carbocycles. The summed E-state index contributed by atoms with van der Waals surface area (Å²) in [5.41, 5.74) is 0.885. The molecule has 1 aromatic rings. The molecule has 5 heteroatoms. The fraction of sp³-hybridized carbons (Fsp3) is 0.500. The van der Waals surface area contributed by atoms with Gasteiger partial charge >= 0.3 is 0 Å². The lowest BCUT2D eigenvalue weighted by molar-refractivity contribution is -0.385. The normalized spacial score (nSPS) is 9.95. The molecule has 5 nitrogen and oxygen atoms in total. The summed E-state index contributed by atoms with van der Waals surface area (Å²) in [5, 5.41) is 19.8. The molecule has 0 amide bonds. The number of hydrogen-bond acceptors (Lipinski definition) is 4. The predicted molar refractivity (Wildman–Crippen MR) is 75.2 cm³/mol. The average molecular weight is 261 g/mol. The zero-order chi connectivity index (χ0) is 14.3. The van der Waals surface area contributed by atoms with Crippen LogP contribution < -0.4 is 4.90 Å². The third-order valence-electron chi connectivity index (χ3n) is 2.94. The van der Waals surface area contributed by atoms with Crippen LogP contribution in [-0.4, -0.2) is 18.0 Å². The van der Waals surface area contributed by atoms with Gasteiger partial charge in [0, 0.05) is 24.8 Å². The summed E-state index contributed by atoms with van der Waals surface area (Å²) in [5.74, 6) is 0. The SMILES string of the molecule is CCCCN(CCC)c1ccc([N+](=O)[O-])c(C#N)c1. The van der Waals surface area contributed by atoms with Crippen molar-refractivity contribution in [2.75, 3.05) is 18.0 Å². The summed E-state index contributed by atoms with van der Waals surface area (Å²) in [6, 6.07) is 6.66. The van der Waals surface area contributed by atoms with E-state index in [1.807, 2.05) is 6.07 Å². The van der Waals surface area contributed by atoms with Gasteiger partial charge in [-0.05, 0) is 25.0 Å². The van der Waals surface area contributed by atoms with Gasteiger partial charge in [0.05, 0.1) is 4.92 Å². The molecule has 19 heavy (non-hydrogen) atoms. The predicted octanol–water partition coefficient (Wildman–Crippen LogP) is 3.48. The largest absolute Gasteiger partial charge is 0.372 e. The van der Waals surface area contributed by atoms with Crippen LogP contribution in [0.5, 0.6) is 0 Å². The minimum absolute atomic E-state index is 0.125. The summed E-state index contributed by atoms with van der Waals surface area (Å²) in [6.45, 7) is 6.02. The molecule has 0 radical (unpaired) electrons. The summed E-state index contributed by atoms with van der Waals surface area (Å²) in [6.07, 6.45) is 3.17. The summed E-state index contributed by atoms with van der Waals surface area (Å²) in [7, 11) is 0. The molecule has 0 aromatic heterocycles. The van der Waals surface area contributed by atoms with E-state index in [2.05, 4.69) is 18.7 Å². The van der Waals surface area contributed by atoms with Gasteiger partial charge in [-0.2, -0.15) is 5.26 Å². The Bertz CT molecular complexity index is 480. The Labute approximate surface area is 113 Å². The topological polar surface area (TPSA) is 70.2 Å². The van der Waals surface area contributed by atoms with Gasteiger partial charge in [-0.25, -0.2) is 0 Å². The lowest BCUT2D eigenvalue weighted by Gasteiger charge is -2.24. The van der Waals surface area contributed by atoms with Gasteiger partial charge in [0.15, 0.2) is 0 Å². The molecule has 0 unspecified atom stereocenters. The Balaban J connectivity index is 3.04. The van der Waals surface area contributed by atoms with Crippen LogP contribution in [-0.2, 0) is 0 Å². The first-order chi connectivity index (χ1) is 9.13. The molecule has 0 saturated heterocycles. The standard InChI is InChI=1S/C14H19N3O2/c1-3-5-9-16(8-4-2)13-6-7-14(17(18)19)12(10-13)11-15/h6-7,10H,3-5,8-9H2,1-2H3. The second-order valence-electron chi connectivity index (χ2n) is 4.41. The number of nitro groups is 1. The highest BCUT2D eigenvalue weighted by molar-refractivity contribution is 5.59. The average Bonchev–Trinajstić information content (AvgIpc) is 2.42. The van der Waals surface area contributed by atoms with Crippen molar-refractivity contribution in [1.82, 2.24) is 0 Å². The first kappa shape index (κ1) is 15.0. The molecular formula is C14H19N3O2. The van der Waals surface area contributed by atoms with Gasteiger partial charge in [-0.3, -0.25) is 10.1 Å². The molecular weight excluding hydrogens is 242 g/mol. The van der Waals surface area contributed by atoms with E-state index in [9.17, 15) is 10.1 Å². The number of nitrogens with zero attached hydrogens (tertiary/aromatic N) is 3. The highest BCUT2D eigenvalue weighted by atomic mass is 16.6. The third-order valence-corrected chi connectivity index (χ3v) is 2.94. The second-order valence-corrected chi connectivity index (χ2v) is 4.41. The molecule has 0 fully saturated rings. The molecule has 0 spiro atoms. The Hall–Kier alpha value is -2.09. The molecule has 0 bridgehead atoms. The smallest absolute Gasteiger partial charge is 0.287 e. The Morgan fingerprint density at radius 2 is 2.05 bits per heavy atom. The van der Waals surface area contributed by atoms with Crippen LogP contribution in [0.25, 0.3) is 0 Å². The molecule has 0 aliphatic rings. The summed E-state index contributed by atoms with van der Waals surface area (Å²) < 4.78 is 0. The van der Waals surface area contributed by atoms with Crippen LogP contribution in [0.15, 0.2) is 18.2 Å². The number of benzene rings is 1. The number of hydrogen-bond donors (Lipinski definition) is 0. The van der Waals surface area contributed by atoms with Gasteiger partial charge in [0.2, 0.25) is 0 Å². The number of rotatable bonds is 7. The third kappa shape index (κ3) is 3.95. The number of nitro benzene ring substituents is 1. The number of anilines is 1. The minimum atomic E-state index is -0.515. The fourth-order valence-electron chi connectivity index (χ4n) is 1.96. The maximum absolute atomic E-state index is 10.8. The molecule has 1 aromatic carbocycles. The van der Waals surface area contributed by atoms with Gasteiger partial charge in [0.25, 0.3) is 5.69 Å². The van der Waals surface area contributed by atoms with E-state index in [1.165, 1.54) is 6.07 Å². The van der Waals surface area contributed by atoms with Crippen LogP contribution in [0.2, 0.25) is 0 Å². The number of nitriles is 1. The zero-order valence-corrected chi connectivity index (χ0v) is 11.4. The molecule has 0 aliphatic heterocycles. The summed E-state index contributed by atoms with van der Waals surface area (Å²) >= 11 is 0. The molecule has 0 heterocycles. The lowest BCUT2D eigenvalue weighted by Crippen LogP contribution is -2.25. The molecule has 1 rings (SSSR count). The van der Waals surface area contributed by atoms with E-state index in [4.69, 9.17) is 5.26 Å². The molecule has 0 N–H and O–H groups in total. The van der Waals surface area contributed by atoms with Crippen molar-refractivity contribution < 1.29 is 4.92 Å². The maximum atomic E-state index is 10.8. The Morgan fingerprint density at radius 3 is 2.58 bits per heavy atom. The zero-order valence-electron chi connectivity index (χ0n) is 11.4. The van der Waals surface area contributed by atoms with Crippen molar-refractivity contribution in [3.63, 3.8) is 0 Å². The monoisotopic (exact) mass is 261 g/mol. The molecule has 0 saturated carbocycles. The van der Waals surface area contributed by atoms with Crippen molar-refractivity contribution in [3.05, 3.63) is 33.9 Å². The lowest BCUT2D eigenvalue weighted by atomic mass is 10.1. The first-order valence-electron chi connectivity index (χ1n) is 6.57. The minimum Gasteiger partial charge on any atom is -0.372 e. The van der Waals surface area contributed by atoms with Crippen molar-refractivity contribution in [2.24, 2.45) is 0 Å².